The molecule has 2 N–H and O–H groups in total. The van der Waals surface area contributed by atoms with Crippen LogP contribution in [0, 0.1) is 5.41 Å². The van der Waals surface area contributed by atoms with E-state index in [0.717, 1.165) is 12.8 Å². The van der Waals surface area contributed by atoms with E-state index in [2.05, 4.69) is 13.8 Å². The van der Waals surface area contributed by atoms with E-state index in [0.29, 0.717) is 19.1 Å². The third-order valence-electron chi connectivity index (χ3n) is 5.40. The molecule has 0 aromatic carbocycles. The lowest BCUT2D eigenvalue weighted by Gasteiger charge is -2.58. The molecule has 0 aliphatic heterocycles. The molecule has 4 nitrogen and oxygen atoms in total. The maximum Gasteiger partial charge on any atom is 0.243 e. The van der Waals surface area contributed by atoms with Crippen molar-refractivity contribution in [3.8, 4) is 0 Å². The molecule has 2 unspecified atom stereocenters. The van der Waals surface area contributed by atoms with Crippen molar-refractivity contribution >= 4 is 18.3 Å². The van der Waals surface area contributed by atoms with Gasteiger partial charge in [-0.05, 0) is 19.8 Å². The van der Waals surface area contributed by atoms with E-state index in [1.165, 1.54) is 12.8 Å². The van der Waals surface area contributed by atoms with Crippen molar-refractivity contribution in [3.05, 3.63) is 0 Å². The van der Waals surface area contributed by atoms with Crippen LogP contribution in [0.1, 0.15) is 52.9 Å². The Kier molecular flexibility index (Phi) is 5.50. The molecule has 0 heterocycles. The highest BCUT2D eigenvalue weighted by molar-refractivity contribution is 5.89. The van der Waals surface area contributed by atoms with Gasteiger partial charge in [-0.25, -0.2) is 0 Å². The summed E-state index contributed by atoms with van der Waals surface area (Å²) in [5.74, 6) is 0.0975. The van der Waals surface area contributed by atoms with Gasteiger partial charge in [-0.2, -0.15) is 0 Å². The number of nitrogens with two attached hydrogens (primary N) is 1. The molecular weight excluding hydrogens is 276 g/mol. The van der Waals surface area contributed by atoms with Gasteiger partial charge in [0.1, 0.15) is 5.54 Å². The molecule has 0 saturated heterocycles. The van der Waals surface area contributed by atoms with Crippen LogP contribution in [-0.2, 0) is 9.53 Å². The number of likely N-dealkylation sites (N-methyl/N-ethyl adjacent to an activating group) is 1. The monoisotopic (exact) mass is 304 g/mol. The zero-order valence-electron chi connectivity index (χ0n) is 13.1. The fraction of sp³-hybridized carbons (Fsp3) is 0.933. The molecule has 0 spiro atoms. The Balaban J connectivity index is 0.00000200. The number of halogens is 1. The minimum atomic E-state index is -0.760. The maximum absolute atomic E-state index is 12.7. The Morgan fingerprint density at radius 1 is 1.35 bits per heavy atom. The Morgan fingerprint density at radius 2 is 1.90 bits per heavy atom. The van der Waals surface area contributed by atoms with Crippen LogP contribution in [0.2, 0.25) is 0 Å². The summed E-state index contributed by atoms with van der Waals surface area (Å²) in [6, 6.07) is 0.384. The van der Waals surface area contributed by atoms with Crippen LogP contribution in [0.25, 0.3) is 0 Å². The van der Waals surface area contributed by atoms with Crippen molar-refractivity contribution < 1.29 is 9.53 Å². The average Bonchev–Trinajstić information content (AvgIpc) is 2.90. The minimum absolute atomic E-state index is 0. The lowest BCUT2D eigenvalue weighted by Crippen LogP contribution is -2.76. The molecule has 2 atom stereocenters. The summed E-state index contributed by atoms with van der Waals surface area (Å²) in [7, 11) is 1.91. The quantitative estimate of drug-likeness (QED) is 0.867. The highest BCUT2D eigenvalue weighted by atomic mass is 35.5. The number of carbonyl (C=O) groups excluding carboxylic acids is 1. The summed E-state index contributed by atoms with van der Waals surface area (Å²) < 4.78 is 5.69. The summed E-state index contributed by atoms with van der Waals surface area (Å²) in [4.78, 5) is 14.6. The summed E-state index contributed by atoms with van der Waals surface area (Å²) >= 11 is 0. The average molecular weight is 305 g/mol. The molecule has 20 heavy (non-hydrogen) atoms. The molecular formula is C15H29ClN2O2. The topological polar surface area (TPSA) is 55.6 Å². The number of hydrogen-bond donors (Lipinski definition) is 1. The second-order valence-corrected chi connectivity index (χ2v) is 6.70. The molecule has 118 valence electrons. The van der Waals surface area contributed by atoms with Crippen molar-refractivity contribution in [1.82, 2.24) is 4.90 Å². The van der Waals surface area contributed by atoms with Crippen LogP contribution in [0.5, 0.6) is 0 Å². The third-order valence-corrected chi connectivity index (χ3v) is 5.40. The predicted molar refractivity (Wildman–Crippen MR) is 83.0 cm³/mol. The Hall–Kier alpha value is -0.320. The molecule has 2 aliphatic carbocycles. The molecule has 2 saturated carbocycles. The van der Waals surface area contributed by atoms with Gasteiger partial charge in [-0.15, -0.1) is 12.4 Å². The fourth-order valence-electron chi connectivity index (χ4n) is 3.57. The van der Waals surface area contributed by atoms with Crippen LogP contribution in [0.4, 0.5) is 0 Å². The van der Waals surface area contributed by atoms with Crippen LogP contribution in [0.3, 0.4) is 0 Å². The number of carbonyl (C=O) groups is 1. The largest absolute Gasteiger partial charge is 0.378 e. The number of ether oxygens (including phenoxy) is 1. The zero-order valence-corrected chi connectivity index (χ0v) is 14.0. The van der Waals surface area contributed by atoms with Crippen molar-refractivity contribution in [1.29, 1.82) is 0 Å². The van der Waals surface area contributed by atoms with Gasteiger partial charge in [0.15, 0.2) is 0 Å². The van der Waals surface area contributed by atoms with Gasteiger partial charge in [-0.1, -0.05) is 26.7 Å². The van der Waals surface area contributed by atoms with Gasteiger partial charge in [-0.3, -0.25) is 4.79 Å². The van der Waals surface area contributed by atoms with Gasteiger partial charge < -0.3 is 15.4 Å². The van der Waals surface area contributed by atoms with E-state index in [-0.39, 0.29) is 29.8 Å². The minimum Gasteiger partial charge on any atom is -0.378 e. The van der Waals surface area contributed by atoms with Crippen LogP contribution >= 0.6 is 12.4 Å². The van der Waals surface area contributed by atoms with Crippen molar-refractivity contribution in [2.75, 3.05) is 13.7 Å². The third kappa shape index (κ3) is 2.58. The van der Waals surface area contributed by atoms with E-state index in [1.54, 1.807) is 0 Å². The van der Waals surface area contributed by atoms with E-state index >= 15 is 0 Å². The zero-order chi connectivity index (χ0) is 14.3. The smallest absolute Gasteiger partial charge is 0.243 e. The SMILES string of the molecule is CCOC1CC(N)(C(=O)N(C)C2CCCC2)C1(C)C.Cl. The second-order valence-electron chi connectivity index (χ2n) is 6.70. The van der Waals surface area contributed by atoms with E-state index < -0.39 is 5.54 Å². The lowest BCUT2D eigenvalue weighted by molar-refractivity contribution is -0.179. The van der Waals surface area contributed by atoms with E-state index in [4.69, 9.17) is 10.5 Å². The van der Waals surface area contributed by atoms with E-state index in [1.807, 2.05) is 18.9 Å². The van der Waals surface area contributed by atoms with Crippen molar-refractivity contribution in [3.63, 3.8) is 0 Å². The number of nitrogens with zero attached hydrogens (tertiary/aromatic N) is 1. The molecule has 0 bridgehead atoms. The first-order valence-corrected chi connectivity index (χ1v) is 7.52. The highest BCUT2D eigenvalue weighted by Crippen LogP contribution is 2.50. The fourth-order valence-corrected chi connectivity index (χ4v) is 3.57. The summed E-state index contributed by atoms with van der Waals surface area (Å²) in [5.41, 5.74) is 5.40. The maximum atomic E-state index is 12.7. The van der Waals surface area contributed by atoms with Crippen LogP contribution in [0.15, 0.2) is 0 Å². The van der Waals surface area contributed by atoms with Crippen molar-refractivity contribution in [2.45, 2.75) is 70.6 Å². The van der Waals surface area contributed by atoms with Gasteiger partial charge >= 0.3 is 0 Å². The summed E-state index contributed by atoms with van der Waals surface area (Å²) in [6.07, 6.45) is 5.43. The molecule has 2 rings (SSSR count). The second kappa shape index (κ2) is 6.20. The molecule has 2 fully saturated rings. The number of hydrogen-bond acceptors (Lipinski definition) is 3. The van der Waals surface area contributed by atoms with Crippen LogP contribution in [-0.4, -0.2) is 42.1 Å². The predicted octanol–water partition coefficient (Wildman–Crippen LogP) is 2.34. The summed E-state index contributed by atoms with van der Waals surface area (Å²) in [6.45, 7) is 6.77. The number of rotatable bonds is 4. The van der Waals surface area contributed by atoms with Gasteiger partial charge in [0, 0.05) is 31.5 Å². The lowest BCUT2D eigenvalue weighted by atomic mass is 9.54. The first kappa shape index (κ1) is 17.7. The van der Waals surface area contributed by atoms with Gasteiger partial charge in [0.25, 0.3) is 0 Å². The highest BCUT2D eigenvalue weighted by Gasteiger charge is 2.63. The van der Waals surface area contributed by atoms with Gasteiger partial charge in [0.2, 0.25) is 5.91 Å². The first-order valence-electron chi connectivity index (χ1n) is 7.52. The molecule has 1 amide bonds. The molecule has 2 aliphatic rings. The Morgan fingerprint density at radius 3 is 2.35 bits per heavy atom. The first-order chi connectivity index (χ1) is 8.84. The Bertz CT molecular complexity index is 356. The van der Waals surface area contributed by atoms with Gasteiger partial charge in [0.05, 0.1) is 6.10 Å². The molecule has 0 aromatic heterocycles. The Labute approximate surface area is 128 Å². The summed E-state index contributed by atoms with van der Waals surface area (Å²) in [5, 5.41) is 0. The standard InChI is InChI=1S/C15H28N2O2.ClH/c1-5-19-12-10-15(16,14(12,2)3)13(18)17(4)11-8-6-7-9-11;/h11-12H,5-10,16H2,1-4H3;1H. The molecule has 0 aromatic rings. The number of amides is 1. The molecule has 0 radical (unpaired) electrons. The molecule has 5 heteroatoms. The normalized spacial score (nSPS) is 32.4. The van der Waals surface area contributed by atoms with Crippen LogP contribution < -0.4 is 5.73 Å². The van der Waals surface area contributed by atoms with E-state index in [9.17, 15) is 4.79 Å². The van der Waals surface area contributed by atoms with Crippen molar-refractivity contribution in [2.24, 2.45) is 11.1 Å².